The maximum Gasteiger partial charge on any atom is 0.410 e. The maximum absolute atomic E-state index is 13.0. The topological polar surface area (TPSA) is 87.8 Å². The van der Waals surface area contributed by atoms with Gasteiger partial charge in [0.25, 0.3) is 5.91 Å². The molecule has 0 spiro atoms. The Morgan fingerprint density at radius 3 is 2.65 bits per heavy atom. The molecular formula is C29H32N4O4. The first-order valence-electron chi connectivity index (χ1n) is 13.3. The van der Waals surface area contributed by atoms with Crippen molar-refractivity contribution in [1.82, 2.24) is 19.8 Å². The molecule has 8 heteroatoms. The van der Waals surface area contributed by atoms with Crippen LogP contribution in [0.15, 0.2) is 48.8 Å². The number of nitrogens with one attached hydrogen (secondary N) is 1. The number of hydrogen-bond donors (Lipinski definition) is 1. The highest BCUT2D eigenvalue weighted by Crippen LogP contribution is 2.32. The number of amides is 2. The summed E-state index contributed by atoms with van der Waals surface area (Å²) in [5.74, 6) is 0.0323. The number of carbonyl (C=O) groups is 2. The van der Waals surface area contributed by atoms with E-state index in [0.29, 0.717) is 45.0 Å². The molecule has 1 saturated heterocycles. The van der Waals surface area contributed by atoms with Gasteiger partial charge in [0.15, 0.2) is 0 Å². The van der Waals surface area contributed by atoms with Gasteiger partial charge in [-0.05, 0) is 61.4 Å². The van der Waals surface area contributed by atoms with Gasteiger partial charge in [0, 0.05) is 60.6 Å². The summed E-state index contributed by atoms with van der Waals surface area (Å²) in [6, 6.07) is 9.88. The van der Waals surface area contributed by atoms with Crippen molar-refractivity contribution < 1.29 is 19.1 Å². The number of aromatic amines is 1. The molecule has 2 amide bonds. The van der Waals surface area contributed by atoms with Crippen molar-refractivity contribution >= 4 is 28.6 Å². The van der Waals surface area contributed by atoms with Crippen molar-refractivity contribution in [3.63, 3.8) is 0 Å². The van der Waals surface area contributed by atoms with Crippen LogP contribution in [0.4, 0.5) is 4.79 Å². The molecule has 1 N–H and O–H groups in total. The largest absolute Gasteiger partial charge is 0.446 e. The smallest absolute Gasteiger partial charge is 0.410 e. The summed E-state index contributed by atoms with van der Waals surface area (Å²) in [4.78, 5) is 37.1. The summed E-state index contributed by atoms with van der Waals surface area (Å²) >= 11 is 0. The molecule has 0 bridgehead atoms. The quantitative estimate of drug-likeness (QED) is 0.552. The average Bonchev–Trinajstić information content (AvgIpc) is 3.63. The van der Waals surface area contributed by atoms with E-state index in [0.717, 1.165) is 59.8 Å². The number of carbonyl (C=O) groups excluding carboxylic acids is 2. The van der Waals surface area contributed by atoms with Crippen LogP contribution in [-0.4, -0.2) is 77.3 Å². The molecule has 4 heterocycles. The number of pyridine rings is 1. The van der Waals surface area contributed by atoms with Crippen molar-refractivity contribution in [2.24, 2.45) is 0 Å². The predicted octanol–water partition coefficient (Wildman–Crippen LogP) is 4.87. The summed E-state index contributed by atoms with van der Waals surface area (Å²) < 4.78 is 11.1. The van der Waals surface area contributed by atoms with Crippen LogP contribution in [0.1, 0.15) is 48.0 Å². The van der Waals surface area contributed by atoms with E-state index in [1.165, 1.54) is 5.57 Å². The van der Waals surface area contributed by atoms with Gasteiger partial charge < -0.3 is 24.3 Å². The van der Waals surface area contributed by atoms with Crippen LogP contribution in [0.3, 0.4) is 0 Å². The second-order valence-corrected chi connectivity index (χ2v) is 10.0. The van der Waals surface area contributed by atoms with Gasteiger partial charge in [0.1, 0.15) is 11.8 Å². The van der Waals surface area contributed by atoms with Crippen molar-refractivity contribution in [2.45, 2.75) is 38.2 Å². The van der Waals surface area contributed by atoms with Crippen LogP contribution in [0.25, 0.3) is 27.7 Å². The molecule has 1 saturated carbocycles. The Bertz CT molecular complexity index is 1330. The van der Waals surface area contributed by atoms with E-state index >= 15 is 0 Å². The standard InChI is InChI=1S/C29H32N4O4/c34-28(32-12-14-36-15-13-32)22-5-3-4-21(16-22)23-17-25-26(19-31-27(25)30-18-23)20-8-10-33(11-9-20)29(35)37-24-6-1-2-7-24/h3-5,8,16-19,24H,1-2,6-7,9-15H2,(H,30,31). The fourth-order valence-corrected chi connectivity index (χ4v) is 5.51. The van der Waals surface area contributed by atoms with Crippen LogP contribution in [0.2, 0.25) is 0 Å². The van der Waals surface area contributed by atoms with E-state index in [1.54, 1.807) is 4.90 Å². The van der Waals surface area contributed by atoms with Gasteiger partial charge in [0.2, 0.25) is 0 Å². The minimum atomic E-state index is -0.198. The molecule has 2 aromatic heterocycles. The minimum Gasteiger partial charge on any atom is -0.446 e. The van der Waals surface area contributed by atoms with E-state index < -0.39 is 0 Å². The summed E-state index contributed by atoms with van der Waals surface area (Å²) in [7, 11) is 0. The van der Waals surface area contributed by atoms with Gasteiger partial charge in [-0.3, -0.25) is 4.79 Å². The summed E-state index contributed by atoms with van der Waals surface area (Å²) in [6.07, 6.45) is 10.9. The van der Waals surface area contributed by atoms with Crippen molar-refractivity contribution in [3.8, 4) is 11.1 Å². The molecule has 0 radical (unpaired) electrons. The monoisotopic (exact) mass is 500 g/mol. The first-order valence-corrected chi connectivity index (χ1v) is 13.3. The molecule has 1 aliphatic carbocycles. The normalized spacial score (nSPS) is 18.8. The third-order valence-corrected chi connectivity index (χ3v) is 7.66. The number of fused-ring (bicyclic) bond motifs is 1. The van der Waals surface area contributed by atoms with E-state index in [2.05, 4.69) is 22.1 Å². The van der Waals surface area contributed by atoms with Gasteiger partial charge >= 0.3 is 6.09 Å². The Morgan fingerprint density at radius 1 is 1.03 bits per heavy atom. The van der Waals surface area contributed by atoms with Gasteiger partial charge in [-0.25, -0.2) is 9.78 Å². The van der Waals surface area contributed by atoms with Crippen LogP contribution < -0.4 is 0 Å². The molecule has 3 aromatic rings. The van der Waals surface area contributed by atoms with Crippen LogP contribution >= 0.6 is 0 Å². The lowest BCUT2D eigenvalue weighted by Crippen LogP contribution is -2.40. The Balaban J connectivity index is 1.21. The van der Waals surface area contributed by atoms with E-state index in [4.69, 9.17) is 9.47 Å². The van der Waals surface area contributed by atoms with Gasteiger partial charge in [0.05, 0.1) is 13.2 Å². The molecule has 192 valence electrons. The fraction of sp³-hybridized carbons (Fsp3) is 0.414. The Kier molecular flexibility index (Phi) is 6.66. The molecule has 1 aromatic carbocycles. The first kappa shape index (κ1) is 23.7. The average molecular weight is 501 g/mol. The number of nitrogens with zero attached hydrogens (tertiary/aromatic N) is 3. The molecule has 6 rings (SSSR count). The summed E-state index contributed by atoms with van der Waals surface area (Å²) in [5, 5.41) is 1.04. The summed E-state index contributed by atoms with van der Waals surface area (Å²) in [5.41, 5.74) is 5.72. The van der Waals surface area contributed by atoms with Crippen LogP contribution in [0, 0.1) is 0 Å². The molecule has 3 aliphatic rings. The number of ether oxygens (including phenoxy) is 2. The zero-order valence-corrected chi connectivity index (χ0v) is 20.9. The number of hydrogen-bond acceptors (Lipinski definition) is 5. The lowest BCUT2D eigenvalue weighted by atomic mass is 9.97. The SMILES string of the molecule is O=C(OC1CCCC1)N1CC=C(c2c[nH]c3ncc(-c4cccc(C(=O)N5CCOCC5)c4)cc23)CC1. The lowest BCUT2D eigenvalue weighted by Gasteiger charge is -2.27. The van der Waals surface area contributed by atoms with Crippen molar-refractivity contribution in [3.05, 3.63) is 59.9 Å². The van der Waals surface area contributed by atoms with Crippen LogP contribution in [0.5, 0.6) is 0 Å². The van der Waals surface area contributed by atoms with E-state index in [1.807, 2.05) is 41.6 Å². The minimum absolute atomic E-state index is 0.0323. The number of rotatable bonds is 4. The van der Waals surface area contributed by atoms with E-state index in [-0.39, 0.29) is 18.1 Å². The Morgan fingerprint density at radius 2 is 1.86 bits per heavy atom. The zero-order chi connectivity index (χ0) is 25.2. The maximum atomic E-state index is 13.0. The lowest BCUT2D eigenvalue weighted by molar-refractivity contribution is 0.0303. The first-order chi connectivity index (χ1) is 18.2. The van der Waals surface area contributed by atoms with E-state index in [9.17, 15) is 9.59 Å². The highest BCUT2D eigenvalue weighted by Gasteiger charge is 2.25. The predicted molar refractivity (Wildman–Crippen MR) is 141 cm³/mol. The third kappa shape index (κ3) is 4.98. The second kappa shape index (κ2) is 10.4. The Labute approximate surface area is 216 Å². The number of morpholine rings is 1. The molecule has 0 unspecified atom stereocenters. The van der Waals surface area contributed by atoms with Crippen molar-refractivity contribution in [1.29, 1.82) is 0 Å². The van der Waals surface area contributed by atoms with Crippen molar-refractivity contribution in [2.75, 3.05) is 39.4 Å². The van der Waals surface area contributed by atoms with Gasteiger partial charge in [-0.1, -0.05) is 18.2 Å². The number of benzene rings is 1. The fourth-order valence-electron chi connectivity index (χ4n) is 5.51. The van der Waals surface area contributed by atoms with Gasteiger partial charge in [-0.15, -0.1) is 0 Å². The number of H-pyrrole nitrogens is 1. The highest BCUT2D eigenvalue weighted by molar-refractivity contribution is 5.97. The highest BCUT2D eigenvalue weighted by atomic mass is 16.6. The van der Waals surface area contributed by atoms with Gasteiger partial charge in [-0.2, -0.15) is 0 Å². The Hall–Kier alpha value is -3.65. The molecule has 37 heavy (non-hydrogen) atoms. The third-order valence-electron chi connectivity index (χ3n) is 7.66. The number of aromatic nitrogens is 2. The molecule has 0 atom stereocenters. The molecule has 2 fully saturated rings. The molecular weight excluding hydrogens is 468 g/mol. The summed E-state index contributed by atoms with van der Waals surface area (Å²) in [6.45, 7) is 3.59. The zero-order valence-electron chi connectivity index (χ0n) is 20.9. The second-order valence-electron chi connectivity index (χ2n) is 10.0. The van der Waals surface area contributed by atoms with Crippen LogP contribution in [-0.2, 0) is 9.47 Å². The molecule has 2 aliphatic heterocycles. The molecule has 8 nitrogen and oxygen atoms in total.